The summed E-state index contributed by atoms with van der Waals surface area (Å²) in [6.45, 7) is 3.76. The smallest absolute Gasteiger partial charge is 0.322 e. The first kappa shape index (κ1) is 16.3. The van der Waals surface area contributed by atoms with Gasteiger partial charge in [0.2, 0.25) is 0 Å². The summed E-state index contributed by atoms with van der Waals surface area (Å²) in [6.07, 6.45) is 0. The van der Waals surface area contributed by atoms with Gasteiger partial charge in [-0.1, -0.05) is 17.2 Å². The highest BCUT2D eigenvalue weighted by Gasteiger charge is 2.19. The Balaban J connectivity index is 1.58. The highest BCUT2D eigenvalue weighted by molar-refractivity contribution is 7.15. The monoisotopic (exact) mass is 370 g/mol. The Bertz CT molecular complexity index is 1110. The third-order valence-electron chi connectivity index (χ3n) is 3.69. The summed E-state index contributed by atoms with van der Waals surface area (Å²) in [7, 11) is 1.54. The van der Waals surface area contributed by atoms with Crippen LogP contribution in [0.4, 0.5) is 6.01 Å². The molecule has 1 N–H and O–H groups in total. The fraction of sp³-hybridized carbons (Fsp3) is 0.176. The average Bonchev–Trinajstić information content (AvgIpc) is 3.32. The van der Waals surface area contributed by atoms with E-state index in [-0.39, 0.29) is 11.8 Å². The number of nitrogens with zero attached hydrogens (tertiary/aromatic N) is 3. The highest BCUT2D eigenvalue weighted by Crippen LogP contribution is 2.30. The van der Waals surface area contributed by atoms with Gasteiger partial charge in [0.25, 0.3) is 11.8 Å². The van der Waals surface area contributed by atoms with E-state index < -0.39 is 5.91 Å². The van der Waals surface area contributed by atoms with Crippen molar-refractivity contribution in [1.29, 1.82) is 0 Å². The van der Waals surface area contributed by atoms with Crippen LogP contribution in [0.3, 0.4) is 0 Å². The minimum Gasteiger partial charge on any atom is -0.493 e. The maximum absolute atomic E-state index is 12.4. The first-order chi connectivity index (χ1) is 12.5. The van der Waals surface area contributed by atoms with Gasteiger partial charge in [-0.15, -0.1) is 16.4 Å². The molecule has 0 spiro atoms. The summed E-state index contributed by atoms with van der Waals surface area (Å²) >= 11 is 1.45. The summed E-state index contributed by atoms with van der Waals surface area (Å²) in [5.74, 6) is 0.497. The van der Waals surface area contributed by atoms with Gasteiger partial charge in [-0.25, -0.2) is 4.98 Å². The minimum absolute atomic E-state index is 0.0112. The van der Waals surface area contributed by atoms with Crippen LogP contribution in [-0.4, -0.2) is 28.2 Å². The number of thiazole rings is 1. The molecule has 9 heteroatoms. The highest BCUT2D eigenvalue weighted by atomic mass is 32.1. The molecule has 4 rings (SSSR count). The number of nitrogens with one attached hydrogen (secondary N) is 1. The molecule has 0 aliphatic carbocycles. The summed E-state index contributed by atoms with van der Waals surface area (Å²) in [5.41, 5.74) is 1.31. The van der Waals surface area contributed by atoms with Gasteiger partial charge in [0.1, 0.15) is 4.88 Å². The van der Waals surface area contributed by atoms with Gasteiger partial charge < -0.3 is 13.6 Å². The average molecular weight is 370 g/mol. The van der Waals surface area contributed by atoms with Crippen molar-refractivity contribution in [1.82, 2.24) is 15.2 Å². The van der Waals surface area contributed by atoms with E-state index in [4.69, 9.17) is 13.6 Å². The molecule has 0 aliphatic heterocycles. The fourth-order valence-electron chi connectivity index (χ4n) is 2.56. The summed E-state index contributed by atoms with van der Waals surface area (Å²) in [6, 6.07) is 7.03. The number of methoxy groups -OCH3 is 1. The van der Waals surface area contributed by atoms with Gasteiger partial charge in [-0.2, -0.15) is 0 Å². The quantitative estimate of drug-likeness (QED) is 0.582. The van der Waals surface area contributed by atoms with Gasteiger partial charge >= 0.3 is 6.01 Å². The van der Waals surface area contributed by atoms with Crippen LogP contribution in [0.15, 0.2) is 33.1 Å². The number of fused-ring (bicyclic) bond motifs is 1. The molecule has 0 bridgehead atoms. The lowest BCUT2D eigenvalue weighted by molar-refractivity contribution is 0.0995. The van der Waals surface area contributed by atoms with Crippen LogP contribution in [0.25, 0.3) is 21.7 Å². The fourth-order valence-corrected chi connectivity index (χ4v) is 3.40. The summed E-state index contributed by atoms with van der Waals surface area (Å²) in [4.78, 5) is 17.5. The number of ether oxygens (including phenoxy) is 1. The predicted octanol–water partition coefficient (Wildman–Crippen LogP) is 3.82. The molecule has 0 aliphatic rings. The van der Waals surface area contributed by atoms with Crippen LogP contribution < -0.4 is 10.1 Å². The number of furan rings is 1. The minimum atomic E-state index is -0.490. The number of aryl methyl sites for hydroxylation is 2. The van der Waals surface area contributed by atoms with Crippen LogP contribution in [0.1, 0.15) is 21.3 Å². The molecule has 0 radical (unpaired) electrons. The van der Waals surface area contributed by atoms with Crippen LogP contribution in [0.5, 0.6) is 5.75 Å². The molecule has 0 saturated heterocycles. The molecule has 0 saturated carbocycles. The molecule has 3 aromatic heterocycles. The lowest BCUT2D eigenvalue weighted by Crippen LogP contribution is -2.10. The Labute approximate surface area is 151 Å². The van der Waals surface area contributed by atoms with Crippen molar-refractivity contribution in [2.45, 2.75) is 13.8 Å². The molecule has 0 atom stereocenters. The van der Waals surface area contributed by atoms with E-state index in [1.807, 2.05) is 26.0 Å². The van der Waals surface area contributed by atoms with E-state index >= 15 is 0 Å². The molecule has 1 amide bonds. The van der Waals surface area contributed by atoms with Gasteiger partial charge in [-0.3, -0.25) is 10.1 Å². The third kappa shape index (κ3) is 2.82. The van der Waals surface area contributed by atoms with Crippen molar-refractivity contribution in [2.75, 3.05) is 12.4 Å². The Morgan fingerprint density at radius 3 is 2.81 bits per heavy atom. The number of rotatable bonds is 4. The number of amides is 1. The Hall–Kier alpha value is -3.20. The number of hydrogen-bond acceptors (Lipinski definition) is 8. The van der Waals surface area contributed by atoms with Gasteiger partial charge in [0.05, 0.1) is 17.8 Å². The third-order valence-corrected chi connectivity index (χ3v) is 4.76. The van der Waals surface area contributed by atoms with E-state index in [2.05, 4.69) is 20.5 Å². The molecule has 1 aromatic carbocycles. The number of benzene rings is 1. The zero-order valence-corrected chi connectivity index (χ0v) is 15.0. The van der Waals surface area contributed by atoms with E-state index in [0.717, 1.165) is 21.0 Å². The molecular formula is C17H14N4O4S. The van der Waals surface area contributed by atoms with E-state index in [9.17, 15) is 4.79 Å². The number of carbonyl (C=O) groups is 1. The lowest BCUT2D eigenvalue weighted by Gasteiger charge is -1.98. The second-order valence-corrected chi connectivity index (χ2v) is 6.71. The first-order valence-corrected chi connectivity index (χ1v) is 8.52. The van der Waals surface area contributed by atoms with Gasteiger partial charge in [-0.05, 0) is 26.0 Å². The summed E-state index contributed by atoms with van der Waals surface area (Å²) < 4.78 is 16.4. The van der Waals surface area contributed by atoms with Crippen molar-refractivity contribution in [3.8, 4) is 16.5 Å². The van der Waals surface area contributed by atoms with Crippen LogP contribution in [0, 0.1) is 13.8 Å². The lowest BCUT2D eigenvalue weighted by atomic mass is 10.2. The van der Waals surface area contributed by atoms with E-state index in [1.165, 1.54) is 11.3 Å². The first-order valence-electron chi connectivity index (χ1n) is 7.71. The molecule has 0 fully saturated rings. The predicted molar refractivity (Wildman–Crippen MR) is 95.6 cm³/mol. The molecule has 4 aromatic rings. The Morgan fingerprint density at radius 2 is 2.08 bits per heavy atom. The van der Waals surface area contributed by atoms with Gasteiger partial charge in [0, 0.05) is 5.39 Å². The number of hydrogen-bond donors (Lipinski definition) is 1. The molecule has 26 heavy (non-hydrogen) atoms. The molecule has 8 nitrogen and oxygen atoms in total. The van der Waals surface area contributed by atoms with Crippen molar-refractivity contribution in [3.05, 3.63) is 40.7 Å². The SMILES string of the molecule is COc1cccc2cc(C(=O)Nc3nnc(-c4sc(C)nc4C)o3)oc12. The van der Waals surface area contributed by atoms with Crippen molar-refractivity contribution in [3.63, 3.8) is 0 Å². The zero-order valence-electron chi connectivity index (χ0n) is 14.2. The number of para-hydroxylation sites is 1. The second kappa shape index (κ2) is 6.26. The molecule has 132 valence electrons. The zero-order chi connectivity index (χ0) is 18.3. The number of aromatic nitrogens is 3. The maximum atomic E-state index is 12.4. The van der Waals surface area contributed by atoms with Crippen molar-refractivity contribution in [2.24, 2.45) is 0 Å². The van der Waals surface area contributed by atoms with Crippen LogP contribution in [0.2, 0.25) is 0 Å². The van der Waals surface area contributed by atoms with Crippen LogP contribution >= 0.6 is 11.3 Å². The normalized spacial score (nSPS) is 11.0. The number of carbonyl (C=O) groups excluding carboxylic acids is 1. The Morgan fingerprint density at radius 1 is 1.23 bits per heavy atom. The summed E-state index contributed by atoms with van der Waals surface area (Å²) in [5, 5.41) is 12.0. The topological polar surface area (TPSA) is 103 Å². The second-order valence-electron chi connectivity index (χ2n) is 5.50. The van der Waals surface area contributed by atoms with Crippen LogP contribution in [-0.2, 0) is 0 Å². The van der Waals surface area contributed by atoms with E-state index in [1.54, 1.807) is 19.2 Å². The standard InChI is InChI=1S/C17H14N4O4S/c1-8-14(26-9(2)18-8)16-20-21-17(25-16)19-15(22)12-7-10-5-4-6-11(23-3)13(10)24-12/h4-7H,1-3H3,(H,19,21,22). The number of anilines is 1. The molecule has 0 unspecified atom stereocenters. The largest absolute Gasteiger partial charge is 0.493 e. The van der Waals surface area contributed by atoms with Crippen molar-refractivity contribution < 1.29 is 18.4 Å². The molecule has 3 heterocycles. The van der Waals surface area contributed by atoms with Crippen molar-refractivity contribution >= 4 is 34.2 Å². The van der Waals surface area contributed by atoms with Gasteiger partial charge in [0.15, 0.2) is 17.1 Å². The van der Waals surface area contributed by atoms with E-state index in [0.29, 0.717) is 17.2 Å². The molecular weight excluding hydrogens is 356 g/mol. The Kier molecular flexibility index (Phi) is 3.92. The maximum Gasteiger partial charge on any atom is 0.322 e.